The van der Waals surface area contributed by atoms with Crippen LogP contribution in [-0.2, 0) is 4.74 Å². The Kier molecular flexibility index (Phi) is 2.26. The Bertz CT molecular complexity index is 774. The quantitative estimate of drug-likeness (QED) is 0.781. The van der Waals surface area contributed by atoms with Gasteiger partial charge in [0.15, 0.2) is 0 Å². The van der Waals surface area contributed by atoms with Crippen molar-refractivity contribution in [1.82, 2.24) is 24.7 Å². The first kappa shape index (κ1) is 11.4. The minimum absolute atomic E-state index is 0.294. The van der Waals surface area contributed by atoms with Crippen LogP contribution in [0.25, 0.3) is 17.0 Å². The predicted molar refractivity (Wildman–Crippen MR) is 76.3 cm³/mol. The number of H-pyrrole nitrogens is 1. The molecule has 6 nitrogen and oxygen atoms in total. The van der Waals surface area contributed by atoms with E-state index in [1.807, 2.05) is 28.9 Å². The van der Waals surface area contributed by atoms with E-state index in [0.717, 1.165) is 35.6 Å². The number of aromatic nitrogens is 5. The van der Waals surface area contributed by atoms with Crippen LogP contribution in [0.1, 0.15) is 31.0 Å². The predicted octanol–water partition coefficient (Wildman–Crippen LogP) is 2.18. The van der Waals surface area contributed by atoms with Gasteiger partial charge in [-0.1, -0.05) is 12.1 Å². The van der Waals surface area contributed by atoms with E-state index in [4.69, 9.17) is 4.74 Å². The highest BCUT2D eigenvalue weighted by Crippen LogP contribution is 2.43. The molecule has 3 aromatic rings. The van der Waals surface area contributed by atoms with E-state index in [2.05, 4.69) is 20.1 Å². The monoisotopic (exact) mass is 281 g/mol. The van der Waals surface area contributed by atoms with E-state index < -0.39 is 0 Å². The van der Waals surface area contributed by atoms with E-state index in [9.17, 15) is 0 Å². The van der Waals surface area contributed by atoms with Crippen LogP contribution >= 0.6 is 0 Å². The molecule has 2 fully saturated rings. The van der Waals surface area contributed by atoms with Crippen molar-refractivity contribution in [2.24, 2.45) is 0 Å². The molecule has 0 amide bonds. The molecule has 21 heavy (non-hydrogen) atoms. The maximum absolute atomic E-state index is 5.95. The number of fused-ring (bicyclic) bond motifs is 3. The third kappa shape index (κ3) is 1.65. The van der Waals surface area contributed by atoms with Crippen LogP contribution in [0.15, 0.2) is 30.6 Å². The highest BCUT2D eigenvalue weighted by atomic mass is 16.5. The summed E-state index contributed by atoms with van der Waals surface area (Å²) in [6.45, 7) is 0. The van der Waals surface area contributed by atoms with Gasteiger partial charge >= 0.3 is 0 Å². The molecule has 1 aromatic carbocycles. The molecule has 0 spiro atoms. The van der Waals surface area contributed by atoms with Gasteiger partial charge in [-0.3, -0.25) is 0 Å². The van der Waals surface area contributed by atoms with E-state index in [0.29, 0.717) is 18.1 Å². The minimum Gasteiger partial charge on any atom is -0.374 e. The fraction of sp³-hybridized carbons (Fsp3) is 0.400. The molecular weight excluding hydrogens is 266 g/mol. The average molecular weight is 281 g/mol. The van der Waals surface area contributed by atoms with Gasteiger partial charge in [-0.2, -0.15) is 9.78 Å². The molecule has 2 aliphatic heterocycles. The number of nitrogens with zero attached hydrogens (tertiary/aromatic N) is 4. The van der Waals surface area contributed by atoms with Crippen LogP contribution in [-0.4, -0.2) is 36.9 Å². The standard InChI is InChI=1S/C15H15N5O/c1-2-4-12-11(3-1)18-15(19-12)20-14(16-8-17-20)10-7-9-5-6-13(10)21-9/h1-4,8-10,13H,5-7H2,(H,18,19)/t9-,10+,13+/m0/s1. The van der Waals surface area contributed by atoms with Crippen LogP contribution < -0.4 is 0 Å². The Morgan fingerprint density at radius 1 is 1.24 bits per heavy atom. The number of aromatic amines is 1. The Balaban J connectivity index is 1.59. The largest absolute Gasteiger partial charge is 0.374 e. The van der Waals surface area contributed by atoms with Gasteiger partial charge in [0.25, 0.3) is 0 Å². The van der Waals surface area contributed by atoms with Crippen molar-refractivity contribution in [1.29, 1.82) is 0 Å². The third-order valence-electron chi connectivity index (χ3n) is 4.59. The summed E-state index contributed by atoms with van der Waals surface area (Å²) in [4.78, 5) is 12.4. The Morgan fingerprint density at radius 2 is 2.19 bits per heavy atom. The molecule has 0 aliphatic carbocycles. The molecule has 1 N–H and O–H groups in total. The number of hydrogen-bond acceptors (Lipinski definition) is 4. The summed E-state index contributed by atoms with van der Waals surface area (Å²) in [6, 6.07) is 7.99. The van der Waals surface area contributed by atoms with Gasteiger partial charge in [-0.05, 0) is 31.4 Å². The normalized spacial score (nSPS) is 27.7. The summed E-state index contributed by atoms with van der Waals surface area (Å²) < 4.78 is 7.77. The smallest absolute Gasteiger partial charge is 0.230 e. The Hall–Kier alpha value is -2.21. The van der Waals surface area contributed by atoms with E-state index >= 15 is 0 Å². The molecule has 2 aliphatic rings. The summed E-state index contributed by atoms with van der Waals surface area (Å²) in [7, 11) is 0. The lowest BCUT2D eigenvalue weighted by atomic mass is 9.88. The lowest BCUT2D eigenvalue weighted by Gasteiger charge is -2.17. The molecular formula is C15H15N5O. The van der Waals surface area contributed by atoms with Gasteiger partial charge in [0.2, 0.25) is 5.95 Å². The van der Waals surface area contributed by atoms with E-state index in [1.54, 1.807) is 6.33 Å². The van der Waals surface area contributed by atoms with Crippen molar-refractivity contribution in [3.8, 4) is 5.95 Å². The number of para-hydroxylation sites is 2. The van der Waals surface area contributed by atoms with Gasteiger partial charge in [0.1, 0.15) is 12.2 Å². The Labute approximate surface area is 121 Å². The molecule has 6 heteroatoms. The molecule has 2 aromatic heterocycles. The zero-order valence-corrected chi connectivity index (χ0v) is 11.4. The molecule has 0 radical (unpaired) electrons. The van der Waals surface area contributed by atoms with Crippen LogP contribution in [0.2, 0.25) is 0 Å². The van der Waals surface area contributed by atoms with E-state index in [-0.39, 0.29) is 0 Å². The first-order valence-electron chi connectivity index (χ1n) is 7.39. The van der Waals surface area contributed by atoms with Crippen molar-refractivity contribution < 1.29 is 4.74 Å². The Morgan fingerprint density at radius 3 is 3.00 bits per heavy atom. The van der Waals surface area contributed by atoms with Crippen molar-refractivity contribution in [2.45, 2.75) is 37.4 Å². The fourth-order valence-corrected chi connectivity index (χ4v) is 3.62. The first-order valence-corrected chi connectivity index (χ1v) is 7.39. The lowest BCUT2D eigenvalue weighted by molar-refractivity contribution is 0.0997. The van der Waals surface area contributed by atoms with Gasteiger partial charge in [-0.15, -0.1) is 0 Å². The van der Waals surface area contributed by atoms with Crippen molar-refractivity contribution >= 4 is 11.0 Å². The van der Waals surface area contributed by atoms with Crippen LogP contribution in [0, 0.1) is 0 Å². The number of imidazole rings is 1. The number of benzene rings is 1. The number of nitrogens with one attached hydrogen (secondary N) is 1. The molecule has 0 saturated carbocycles. The van der Waals surface area contributed by atoms with Crippen molar-refractivity contribution in [2.75, 3.05) is 0 Å². The second kappa shape index (κ2) is 4.14. The van der Waals surface area contributed by atoms with Crippen LogP contribution in [0.5, 0.6) is 0 Å². The second-order valence-electron chi connectivity index (χ2n) is 5.82. The molecule has 2 bridgehead atoms. The van der Waals surface area contributed by atoms with Crippen LogP contribution in [0.3, 0.4) is 0 Å². The topological polar surface area (TPSA) is 68.6 Å². The van der Waals surface area contributed by atoms with Gasteiger partial charge in [0, 0.05) is 5.92 Å². The van der Waals surface area contributed by atoms with Gasteiger partial charge < -0.3 is 9.72 Å². The number of ether oxygens (including phenoxy) is 1. The maximum atomic E-state index is 5.95. The second-order valence-corrected chi connectivity index (χ2v) is 5.82. The number of hydrogen-bond donors (Lipinski definition) is 1. The number of rotatable bonds is 2. The molecule has 106 valence electrons. The van der Waals surface area contributed by atoms with Crippen LogP contribution in [0.4, 0.5) is 0 Å². The summed E-state index contributed by atoms with van der Waals surface area (Å²) in [5.74, 6) is 2.02. The summed E-state index contributed by atoms with van der Waals surface area (Å²) in [5.41, 5.74) is 1.95. The summed E-state index contributed by atoms with van der Waals surface area (Å²) in [6.07, 6.45) is 5.66. The lowest BCUT2D eigenvalue weighted by Crippen LogP contribution is -2.19. The van der Waals surface area contributed by atoms with Gasteiger partial charge in [-0.25, -0.2) is 9.97 Å². The molecule has 5 rings (SSSR count). The minimum atomic E-state index is 0.294. The average Bonchev–Trinajstić information content (AvgIpc) is 3.27. The molecule has 2 saturated heterocycles. The molecule has 0 unspecified atom stereocenters. The first-order chi connectivity index (χ1) is 10.4. The SMILES string of the molecule is c1ccc2[nH]c(-n3ncnc3[C@@H]3C[C@@H]4CC[C@H]3O4)nc2c1. The third-order valence-corrected chi connectivity index (χ3v) is 4.59. The molecule has 4 heterocycles. The summed E-state index contributed by atoms with van der Waals surface area (Å²) >= 11 is 0. The van der Waals surface area contributed by atoms with E-state index in [1.165, 1.54) is 6.42 Å². The zero-order chi connectivity index (χ0) is 13.8. The maximum Gasteiger partial charge on any atom is 0.230 e. The van der Waals surface area contributed by atoms with Gasteiger partial charge in [0.05, 0.1) is 23.2 Å². The van der Waals surface area contributed by atoms with Crippen molar-refractivity contribution in [3.05, 3.63) is 36.4 Å². The fourth-order valence-electron chi connectivity index (χ4n) is 3.62. The molecule has 3 atom stereocenters. The highest BCUT2D eigenvalue weighted by Gasteiger charge is 2.43. The highest BCUT2D eigenvalue weighted by molar-refractivity contribution is 5.75. The zero-order valence-electron chi connectivity index (χ0n) is 11.4. The summed E-state index contributed by atoms with van der Waals surface area (Å²) in [5, 5.41) is 4.37. The van der Waals surface area contributed by atoms with Crippen molar-refractivity contribution in [3.63, 3.8) is 0 Å².